The van der Waals surface area contributed by atoms with Crippen LogP contribution in [0.5, 0.6) is 17.2 Å². The number of aryl methyl sites for hydroxylation is 1. The minimum atomic E-state index is 0.180. The number of benzene rings is 2. The number of aromatic hydroxyl groups is 1. The maximum atomic E-state index is 9.61. The van der Waals surface area contributed by atoms with Crippen LogP contribution in [-0.4, -0.2) is 29.3 Å². The smallest absolute Gasteiger partial charge is 0.221 e. The maximum absolute atomic E-state index is 9.61. The minimum absolute atomic E-state index is 0.180. The molecular formula is C19H19N3O3S. The van der Waals surface area contributed by atoms with Crippen LogP contribution in [0.25, 0.3) is 11.3 Å². The van der Waals surface area contributed by atoms with Gasteiger partial charge in [-0.05, 0) is 55.0 Å². The molecule has 0 unspecified atom stereocenters. The van der Waals surface area contributed by atoms with Gasteiger partial charge >= 0.3 is 0 Å². The summed E-state index contributed by atoms with van der Waals surface area (Å²) >= 11 is 1.41. The molecule has 6 nitrogen and oxygen atoms in total. The topological polar surface area (TPSA) is 90.5 Å². The van der Waals surface area contributed by atoms with E-state index in [1.165, 1.54) is 11.8 Å². The third-order valence-corrected chi connectivity index (χ3v) is 4.75. The Balaban J connectivity index is 2.01. The fourth-order valence-corrected chi connectivity index (χ4v) is 3.51. The average molecular weight is 369 g/mol. The number of anilines is 1. The van der Waals surface area contributed by atoms with Crippen molar-refractivity contribution < 1.29 is 14.6 Å². The van der Waals surface area contributed by atoms with Gasteiger partial charge in [-0.3, -0.25) is 0 Å². The highest BCUT2D eigenvalue weighted by Crippen LogP contribution is 2.38. The van der Waals surface area contributed by atoms with E-state index in [1.807, 2.05) is 37.3 Å². The SMILES string of the molecule is COc1ccc(OC)c(Sc2cc(-c3ccc(O)cc3C)nc(N)n2)c1. The number of nitrogen functional groups attached to an aromatic ring is 1. The predicted molar refractivity (Wildman–Crippen MR) is 102 cm³/mol. The molecule has 0 radical (unpaired) electrons. The summed E-state index contributed by atoms with van der Waals surface area (Å²) in [5.74, 6) is 1.84. The zero-order valence-corrected chi connectivity index (χ0v) is 15.5. The minimum Gasteiger partial charge on any atom is -0.508 e. The lowest BCUT2D eigenvalue weighted by Gasteiger charge is -2.11. The molecule has 3 aromatic rings. The lowest BCUT2D eigenvalue weighted by Crippen LogP contribution is -1.99. The molecule has 26 heavy (non-hydrogen) atoms. The Morgan fingerprint density at radius 2 is 1.81 bits per heavy atom. The van der Waals surface area contributed by atoms with Crippen LogP contribution in [0.3, 0.4) is 0 Å². The molecule has 3 rings (SSSR count). The molecule has 0 spiro atoms. The van der Waals surface area contributed by atoms with Crippen LogP contribution in [0.2, 0.25) is 0 Å². The largest absolute Gasteiger partial charge is 0.508 e. The molecule has 0 saturated heterocycles. The summed E-state index contributed by atoms with van der Waals surface area (Å²) in [6.45, 7) is 1.91. The van der Waals surface area contributed by atoms with Crippen LogP contribution >= 0.6 is 11.8 Å². The first-order valence-corrected chi connectivity index (χ1v) is 8.66. The lowest BCUT2D eigenvalue weighted by atomic mass is 10.1. The number of phenols is 1. The number of hydrogen-bond acceptors (Lipinski definition) is 7. The van der Waals surface area contributed by atoms with Crippen molar-refractivity contribution in [1.29, 1.82) is 0 Å². The Morgan fingerprint density at radius 3 is 2.50 bits per heavy atom. The monoisotopic (exact) mass is 369 g/mol. The summed E-state index contributed by atoms with van der Waals surface area (Å²) < 4.78 is 10.7. The van der Waals surface area contributed by atoms with Crippen molar-refractivity contribution in [2.45, 2.75) is 16.8 Å². The van der Waals surface area contributed by atoms with Crippen LogP contribution in [0.4, 0.5) is 5.95 Å². The average Bonchev–Trinajstić information content (AvgIpc) is 2.61. The number of hydrogen-bond donors (Lipinski definition) is 2. The van der Waals surface area contributed by atoms with Gasteiger partial charge in [0.25, 0.3) is 0 Å². The van der Waals surface area contributed by atoms with Gasteiger partial charge in [-0.2, -0.15) is 0 Å². The normalized spacial score (nSPS) is 10.6. The van der Waals surface area contributed by atoms with E-state index >= 15 is 0 Å². The first-order valence-electron chi connectivity index (χ1n) is 7.84. The molecule has 0 aliphatic rings. The van der Waals surface area contributed by atoms with Crippen LogP contribution < -0.4 is 15.2 Å². The van der Waals surface area contributed by atoms with Crippen molar-refractivity contribution in [3.8, 4) is 28.5 Å². The highest BCUT2D eigenvalue weighted by atomic mass is 32.2. The highest BCUT2D eigenvalue weighted by Gasteiger charge is 2.12. The van der Waals surface area contributed by atoms with Gasteiger partial charge in [-0.1, -0.05) is 11.8 Å². The van der Waals surface area contributed by atoms with E-state index < -0.39 is 0 Å². The van der Waals surface area contributed by atoms with Crippen LogP contribution in [0.15, 0.2) is 52.4 Å². The second-order valence-electron chi connectivity index (χ2n) is 5.57. The third-order valence-electron chi connectivity index (χ3n) is 3.79. The van der Waals surface area contributed by atoms with E-state index in [0.29, 0.717) is 10.7 Å². The first-order chi connectivity index (χ1) is 12.5. The zero-order chi connectivity index (χ0) is 18.7. The van der Waals surface area contributed by atoms with Gasteiger partial charge in [0.15, 0.2) is 0 Å². The summed E-state index contributed by atoms with van der Waals surface area (Å²) in [5, 5.41) is 10.3. The molecule has 2 aromatic carbocycles. The van der Waals surface area contributed by atoms with Gasteiger partial charge in [0.1, 0.15) is 22.3 Å². The van der Waals surface area contributed by atoms with E-state index in [9.17, 15) is 5.11 Å². The summed E-state index contributed by atoms with van der Waals surface area (Å²) in [6.07, 6.45) is 0. The molecule has 0 fully saturated rings. The zero-order valence-electron chi connectivity index (χ0n) is 14.7. The van der Waals surface area contributed by atoms with Gasteiger partial charge < -0.3 is 20.3 Å². The number of aromatic nitrogens is 2. The molecule has 3 N–H and O–H groups in total. The summed E-state index contributed by atoms with van der Waals surface area (Å²) in [5.41, 5.74) is 8.40. The van der Waals surface area contributed by atoms with Crippen molar-refractivity contribution >= 4 is 17.7 Å². The standard InChI is InChI=1S/C19H19N3O3S/c1-11-8-12(23)4-6-14(11)15-10-18(22-19(20)21-15)26-17-9-13(24-2)5-7-16(17)25-3/h4-10,23H,1-3H3,(H2,20,21,22). The molecule has 1 aromatic heterocycles. The number of nitrogens with zero attached hydrogens (tertiary/aromatic N) is 2. The van der Waals surface area contributed by atoms with Gasteiger partial charge in [-0.25, -0.2) is 9.97 Å². The Bertz CT molecular complexity index is 947. The lowest BCUT2D eigenvalue weighted by molar-refractivity contribution is 0.394. The molecule has 0 aliphatic heterocycles. The quantitative estimate of drug-likeness (QED) is 0.659. The first kappa shape index (κ1) is 17.9. The fourth-order valence-electron chi connectivity index (χ4n) is 2.54. The Hall–Kier alpha value is -2.93. The predicted octanol–water partition coefficient (Wildman–Crippen LogP) is 3.91. The summed E-state index contributed by atoms with van der Waals surface area (Å²) in [7, 11) is 3.23. The van der Waals surface area contributed by atoms with Crippen LogP contribution in [0.1, 0.15) is 5.56 Å². The number of nitrogens with two attached hydrogens (primary N) is 1. The van der Waals surface area contributed by atoms with Crippen molar-refractivity contribution in [3.05, 3.63) is 48.0 Å². The van der Waals surface area contributed by atoms with Crippen molar-refractivity contribution in [1.82, 2.24) is 9.97 Å². The van der Waals surface area contributed by atoms with Crippen LogP contribution in [-0.2, 0) is 0 Å². The highest BCUT2D eigenvalue weighted by molar-refractivity contribution is 7.99. The Labute approximate surface area is 156 Å². The van der Waals surface area contributed by atoms with E-state index in [2.05, 4.69) is 9.97 Å². The molecule has 134 valence electrons. The summed E-state index contributed by atoms with van der Waals surface area (Å²) in [6, 6.07) is 12.5. The van der Waals surface area contributed by atoms with Gasteiger partial charge in [-0.15, -0.1) is 0 Å². The van der Waals surface area contributed by atoms with E-state index in [0.717, 1.165) is 27.5 Å². The van der Waals surface area contributed by atoms with Crippen molar-refractivity contribution in [2.75, 3.05) is 20.0 Å². The summed E-state index contributed by atoms with van der Waals surface area (Å²) in [4.78, 5) is 9.50. The van der Waals surface area contributed by atoms with Gasteiger partial charge in [0.05, 0.1) is 24.8 Å². The number of phenolic OH excluding ortho intramolecular Hbond substituents is 1. The molecule has 0 amide bonds. The molecule has 0 atom stereocenters. The van der Waals surface area contributed by atoms with E-state index in [4.69, 9.17) is 15.2 Å². The molecule has 0 saturated carbocycles. The molecule has 0 bridgehead atoms. The van der Waals surface area contributed by atoms with Crippen molar-refractivity contribution in [3.63, 3.8) is 0 Å². The number of methoxy groups -OCH3 is 2. The Morgan fingerprint density at radius 1 is 1.00 bits per heavy atom. The molecular weight excluding hydrogens is 350 g/mol. The van der Waals surface area contributed by atoms with E-state index in [1.54, 1.807) is 26.4 Å². The van der Waals surface area contributed by atoms with Gasteiger partial charge in [0.2, 0.25) is 5.95 Å². The number of rotatable bonds is 5. The van der Waals surface area contributed by atoms with Crippen LogP contribution in [0, 0.1) is 6.92 Å². The van der Waals surface area contributed by atoms with Gasteiger partial charge in [0, 0.05) is 5.56 Å². The Kier molecular flexibility index (Phi) is 5.18. The number of ether oxygens (including phenoxy) is 2. The second-order valence-corrected chi connectivity index (χ2v) is 6.63. The fraction of sp³-hybridized carbons (Fsp3) is 0.158. The molecule has 1 heterocycles. The van der Waals surface area contributed by atoms with Crippen molar-refractivity contribution in [2.24, 2.45) is 0 Å². The molecule has 7 heteroatoms. The third kappa shape index (κ3) is 3.83. The maximum Gasteiger partial charge on any atom is 0.221 e. The molecule has 0 aliphatic carbocycles. The second kappa shape index (κ2) is 7.53. The van der Waals surface area contributed by atoms with E-state index in [-0.39, 0.29) is 11.7 Å².